The largest absolute Gasteiger partial charge is 0.497 e. The van der Waals surface area contributed by atoms with Crippen LogP contribution in [0, 0.1) is 0 Å². The van der Waals surface area contributed by atoms with Crippen LogP contribution in [-0.4, -0.2) is 47.8 Å². The van der Waals surface area contributed by atoms with Crippen LogP contribution in [0.5, 0.6) is 5.75 Å². The maximum Gasteiger partial charge on any atom is 0.252 e. The minimum Gasteiger partial charge on any atom is -0.497 e. The Hall–Kier alpha value is -2.93. The number of methoxy groups -OCH3 is 2. The number of carbonyl (C=O) groups excluding carboxylic acids is 1. The van der Waals surface area contributed by atoms with E-state index in [-0.39, 0.29) is 5.91 Å². The van der Waals surface area contributed by atoms with E-state index in [2.05, 4.69) is 15.3 Å². The highest BCUT2D eigenvalue weighted by Crippen LogP contribution is 2.20. The molecular formula is C18H20N4O3. The van der Waals surface area contributed by atoms with Crippen LogP contribution in [0.2, 0.25) is 0 Å². The summed E-state index contributed by atoms with van der Waals surface area (Å²) in [6, 6.07) is 9.37. The van der Waals surface area contributed by atoms with Crippen LogP contribution in [0.1, 0.15) is 16.8 Å². The van der Waals surface area contributed by atoms with Gasteiger partial charge in [0.2, 0.25) is 0 Å². The molecule has 7 nitrogen and oxygen atoms in total. The fourth-order valence-electron chi connectivity index (χ4n) is 2.50. The molecule has 0 saturated carbocycles. The molecule has 7 heteroatoms. The van der Waals surface area contributed by atoms with Gasteiger partial charge in [0.15, 0.2) is 5.65 Å². The third kappa shape index (κ3) is 3.77. The number of pyridine rings is 1. The van der Waals surface area contributed by atoms with Crippen LogP contribution in [0.15, 0.2) is 42.9 Å². The molecule has 1 aromatic carbocycles. The summed E-state index contributed by atoms with van der Waals surface area (Å²) in [7, 11) is 3.26. The smallest absolute Gasteiger partial charge is 0.252 e. The van der Waals surface area contributed by atoms with Gasteiger partial charge in [-0.3, -0.25) is 9.36 Å². The third-order valence-corrected chi connectivity index (χ3v) is 3.79. The van der Waals surface area contributed by atoms with E-state index in [1.165, 1.54) is 0 Å². The predicted molar refractivity (Wildman–Crippen MR) is 94.2 cm³/mol. The molecule has 130 valence electrons. The molecule has 0 atom stereocenters. The molecule has 1 N–H and O–H groups in total. The summed E-state index contributed by atoms with van der Waals surface area (Å²) in [4.78, 5) is 20.9. The highest BCUT2D eigenvalue weighted by atomic mass is 16.5. The van der Waals surface area contributed by atoms with Gasteiger partial charge in [-0.1, -0.05) is 6.07 Å². The van der Waals surface area contributed by atoms with Crippen LogP contribution >= 0.6 is 0 Å². The SMILES string of the molecule is COCCCNC(=O)c1cnc2c(c1)ncn2-c1cccc(OC)c1. The van der Waals surface area contributed by atoms with Crippen molar-refractivity contribution in [2.75, 3.05) is 27.4 Å². The molecule has 0 aliphatic heterocycles. The van der Waals surface area contributed by atoms with Gasteiger partial charge in [-0.2, -0.15) is 0 Å². The molecule has 2 heterocycles. The second kappa shape index (κ2) is 7.76. The van der Waals surface area contributed by atoms with Gasteiger partial charge in [0.05, 0.1) is 18.4 Å². The van der Waals surface area contributed by atoms with Crippen molar-refractivity contribution < 1.29 is 14.3 Å². The molecule has 3 aromatic rings. The highest BCUT2D eigenvalue weighted by molar-refractivity contribution is 5.96. The number of ether oxygens (including phenoxy) is 2. The molecule has 0 unspecified atom stereocenters. The summed E-state index contributed by atoms with van der Waals surface area (Å²) in [6.45, 7) is 1.17. The molecule has 0 radical (unpaired) electrons. The van der Waals surface area contributed by atoms with Gasteiger partial charge in [0.1, 0.15) is 17.6 Å². The Morgan fingerprint density at radius 1 is 1.24 bits per heavy atom. The maximum absolute atomic E-state index is 12.2. The lowest BCUT2D eigenvalue weighted by atomic mass is 10.2. The second-order valence-electron chi connectivity index (χ2n) is 5.49. The normalized spacial score (nSPS) is 10.8. The van der Waals surface area contributed by atoms with Crippen molar-refractivity contribution >= 4 is 17.1 Å². The molecule has 0 spiro atoms. The Balaban J connectivity index is 1.82. The molecule has 0 bridgehead atoms. The average molecular weight is 340 g/mol. The van der Waals surface area contributed by atoms with Crippen molar-refractivity contribution in [2.45, 2.75) is 6.42 Å². The van der Waals surface area contributed by atoms with Gasteiger partial charge in [-0.05, 0) is 24.6 Å². The Bertz CT molecular complexity index is 876. The van der Waals surface area contributed by atoms with E-state index in [1.807, 2.05) is 28.8 Å². The first-order valence-electron chi connectivity index (χ1n) is 7.97. The highest BCUT2D eigenvalue weighted by Gasteiger charge is 2.11. The Morgan fingerprint density at radius 3 is 2.92 bits per heavy atom. The van der Waals surface area contributed by atoms with Crippen molar-refractivity contribution in [1.29, 1.82) is 0 Å². The first-order chi connectivity index (χ1) is 12.2. The van der Waals surface area contributed by atoms with Gasteiger partial charge in [-0.15, -0.1) is 0 Å². The van der Waals surface area contributed by atoms with E-state index in [9.17, 15) is 4.79 Å². The van der Waals surface area contributed by atoms with E-state index in [1.54, 1.807) is 32.8 Å². The number of amides is 1. The van der Waals surface area contributed by atoms with Crippen LogP contribution in [-0.2, 0) is 4.74 Å². The van der Waals surface area contributed by atoms with Crippen molar-refractivity contribution in [3.05, 3.63) is 48.4 Å². The van der Waals surface area contributed by atoms with Gasteiger partial charge < -0.3 is 14.8 Å². The third-order valence-electron chi connectivity index (χ3n) is 3.79. The van der Waals surface area contributed by atoms with Crippen LogP contribution in [0.4, 0.5) is 0 Å². The lowest BCUT2D eigenvalue weighted by Crippen LogP contribution is -2.25. The van der Waals surface area contributed by atoms with Gasteiger partial charge in [0, 0.05) is 32.5 Å². The number of nitrogens with one attached hydrogen (secondary N) is 1. The van der Waals surface area contributed by atoms with Crippen molar-refractivity contribution in [3.8, 4) is 11.4 Å². The topological polar surface area (TPSA) is 78.3 Å². The number of rotatable bonds is 7. The molecule has 0 aliphatic rings. The van der Waals surface area contributed by atoms with Gasteiger partial charge in [-0.25, -0.2) is 9.97 Å². The second-order valence-corrected chi connectivity index (χ2v) is 5.49. The Morgan fingerprint density at radius 2 is 2.12 bits per heavy atom. The lowest BCUT2D eigenvalue weighted by Gasteiger charge is -2.07. The molecule has 0 saturated heterocycles. The monoisotopic (exact) mass is 340 g/mol. The van der Waals surface area contributed by atoms with E-state index < -0.39 is 0 Å². The molecule has 25 heavy (non-hydrogen) atoms. The lowest BCUT2D eigenvalue weighted by molar-refractivity contribution is 0.0948. The zero-order valence-corrected chi connectivity index (χ0v) is 14.2. The van der Waals surface area contributed by atoms with E-state index in [0.717, 1.165) is 17.9 Å². The first-order valence-corrected chi connectivity index (χ1v) is 7.97. The van der Waals surface area contributed by atoms with Crippen LogP contribution in [0.25, 0.3) is 16.9 Å². The summed E-state index contributed by atoms with van der Waals surface area (Å²) in [6.07, 6.45) is 4.02. The van der Waals surface area contributed by atoms with E-state index in [4.69, 9.17) is 9.47 Å². The van der Waals surface area contributed by atoms with Crippen molar-refractivity contribution in [2.24, 2.45) is 0 Å². The number of hydrogen-bond acceptors (Lipinski definition) is 5. The molecule has 0 fully saturated rings. The Kier molecular flexibility index (Phi) is 5.25. The molecule has 2 aromatic heterocycles. The van der Waals surface area contributed by atoms with Crippen LogP contribution in [0.3, 0.4) is 0 Å². The number of aromatic nitrogens is 3. The number of benzene rings is 1. The molecule has 1 amide bonds. The summed E-state index contributed by atoms with van der Waals surface area (Å²) < 4.78 is 12.1. The number of carbonyl (C=O) groups is 1. The number of fused-ring (bicyclic) bond motifs is 1. The van der Waals surface area contributed by atoms with Crippen molar-refractivity contribution in [1.82, 2.24) is 19.9 Å². The van der Waals surface area contributed by atoms with E-state index in [0.29, 0.717) is 29.9 Å². The average Bonchev–Trinajstić information content (AvgIpc) is 3.08. The minimum atomic E-state index is -0.165. The molecule has 0 aliphatic carbocycles. The summed E-state index contributed by atoms with van der Waals surface area (Å²) in [5.74, 6) is 0.591. The standard InChI is InChI=1S/C18H20N4O3/c1-24-8-4-7-19-18(23)13-9-16-17(20-11-13)22(12-21-16)14-5-3-6-15(10-14)25-2/h3,5-6,9-12H,4,7-8H2,1-2H3,(H,19,23). The number of imidazole rings is 1. The number of nitrogens with zero attached hydrogens (tertiary/aromatic N) is 3. The van der Waals surface area contributed by atoms with E-state index >= 15 is 0 Å². The van der Waals surface area contributed by atoms with Crippen LogP contribution < -0.4 is 10.1 Å². The van der Waals surface area contributed by atoms with Gasteiger partial charge in [0.25, 0.3) is 5.91 Å². The predicted octanol–water partition coefficient (Wildman–Crippen LogP) is 2.20. The fourth-order valence-corrected chi connectivity index (χ4v) is 2.50. The molecule has 3 rings (SSSR count). The molecular weight excluding hydrogens is 320 g/mol. The zero-order chi connectivity index (χ0) is 17.6. The quantitative estimate of drug-likeness (QED) is 0.667. The zero-order valence-electron chi connectivity index (χ0n) is 14.2. The summed E-state index contributed by atoms with van der Waals surface area (Å²) in [5.41, 5.74) is 2.73. The Labute approximate surface area is 145 Å². The maximum atomic E-state index is 12.2. The van der Waals surface area contributed by atoms with Crippen molar-refractivity contribution in [3.63, 3.8) is 0 Å². The van der Waals surface area contributed by atoms with Gasteiger partial charge >= 0.3 is 0 Å². The first kappa shape index (κ1) is 16.9. The fraction of sp³-hybridized carbons (Fsp3) is 0.278. The minimum absolute atomic E-state index is 0.165. The summed E-state index contributed by atoms with van der Waals surface area (Å²) in [5, 5.41) is 2.84. The summed E-state index contributed by atoms with van der Waals surface area (Å²) >= 11 is 0. The number of hydrogen-bond donors (Lipinski definition) is 1.